The van der Waals surface area contributed by atoms with Crippen LogP contribution in [-0.4, -0.2) is 47.8 Å². The zero-order valence-electron chi connectivity index (χ0n) is 9.82. The first kappa shape index (κ1) is 12.5. The van der Waals surface area contributed by atoms with E-state index in [1.165, 1.54) is 0 Å². The fourth-order valence-corrected chi connectivity index (χ4v) is 2.30. The second kappa shape index (κ2) is 4.94. The molecule has 0 saturated carbocycles. The number of hydrogen-bond acceptors (Lipinski definition) is 3. The van der Waals surface area contributed by atoms with Crippen LogP contribution in [0.25, 0.3) is 0 Å². The number of nitrogens with zero attached hydrogens (tertiary/aromatic N) is 1. The number of carboxylic acid groups (broad SMARTS) is 1. The Bertz CT molecular complexity index is 226. The van der Waals surface area contributed by atoms with Crippen molar-refractivity contribution in [3.05, 3.63) is 0 Å². The van der Waals surface area contributed by atoms with Crippen LogP contribution >= 0.6 is 0 Å². The molecular formula is C11H21NO3. The molecule has 0 bridgehead atoms. The van der Waals surface area contributed by atoms with E-state index in [0.29, 0.717) is 0 Å². The summed E-state index contributed by atoms with van der Waals surface area (Å²) in [6.07, 6.45) is 2.39. The van der Waals surface area contributed by atoms with Gasteiger partial charge in [-0.1, -0.05) is 0 Å². The summed E-state index contributed by atoms with van der Waals surface area (Å²) >= 11 is 0. The minimum absolute atomic E-state index is 0.0632. The van der Waals surface area contributed by atoms with Gasteiger partial charge in [-0.2, -0.15) is 0 Å². The molecule has 0 spiro atoms. The van der Waals surface area contributed by atoms with E-state index in [-0.39, 0.29) is 18.1 Å². The van der Waals surface area contributed by atoms with Crippen molar-refractivity contribution in [2.75, 3.05) is 20.2 Å². The Morgan fingerprint density at radius 2 is 2.07 bits per heavy atom. The SMILES string of the molecule is COC(C)C(C)(CC(=O)O)N1CCCC1. The number of hydrogen-bond donors (Lipinski definition) is 1. The van der Waals surface area contributed by atoms with Crippen LogP contribution in [0.2, 0.25) is 0 Å². The molecule has 2 atom stereocenters. The van der Waals surface area contributed by atoms with E-state index in [1.807, 2.05) is 13.8 Å². The molecule has 0 radical (unpaired) electrons. The molecule has 1 aliphatic heterocycles. The Morgan fingerprint density at radius 1 is 1.53 bits per heavy atom. The summed E-state index contributed by atoms with van der Waals surface area (Å²) < 4.78 is 5.32. The van der Waals surface area contributed by atoms with E-state index in [2.05, 4.69) is 4.90 Å². The monoisotopic (exact) mass is 215 g/mol. The van der Waals surface area contributed by atoms with E-state index < -0.39 is 5.97 Å². The molecule has 4 nitrogen and oxygen atoms in total. The maximum Gasteiger partial charge on any atom is 0.305 e. The van der Waals surface area contributed by atoms with Gasteiger partial charge >= 0.3 is 5.97 Å². The Morgan fingerprint density at radius 3 is 2.47 bits per heavy atom. The van der Waals surface area contributed by atoms with Gasteiger partial charge < -0.3 is 9.84 Å². The summed E-state index contributed by atoms with van der Waals surface area (Å²) in [5.74, 6) is -0.756. The number of likely N-dealkylation sites (tertiary alicyclic amines) is 1. The molecule has 0 aliphatic carbocycles. The number of aliphatic carboxylic acids is 1. The quantitative estimate of drug-likeness (QED) is 0.752. The molecule has 1 fully saturated rings. The Labute approximate surface area is 91.2 Å². The van der Waals surface area contributed by atoms with Crippen LogP contribution in [0.1, 0.15) is 33.1 Å². The summed E-state index contributed by atoms with van der Waals surface area (Å²) in [4.78, 5) is 13.2. The lowest BCUT2D eigenvalue weighted by molar-refractivity contribution is -0.143. The molecule has 1 aliphatic rings. The number of ether oxygens (including phenoxy) is 1. The molecule has 0 aromatic rings. The summed E-state index contributed by atoms with van der Waals surface area (Å²) in [5, 5.41) is 8.97. The number of carboxylic acids is 1. The highest BCUT2D eigenvalue weighted by atomic mass is 16.5. The van der Waals surface area contributed by atoms with Gasteiger partial charge in [0.2, 0.25) is 0 Å². The van der Waals surface area contributed by atoms with Gasteiger partial charge in [-0.25, -0.2) is 0 Å². The largest absolute Gasteiger partial charge is 0.481 e. The van der Waals surface area contributed by atoms with Crippen molar-refractivity contribution in [1.29, 1.82) is 0 Å². The first-order valence-corrected chi connectivity index (χ1v) is 5.50. The standard InChI is InChI=1S/C11H21NO3/c1-9(15-3)11(2,8-10(13)14)12-6-4-5-7-12/h9H,4-8H2,1-3H3,(H,13,14). The summed E-state index contributed by atoms with van der Waals surface area (Å²) in [6, 6.07) is 0. The number of methoxy groups -OCH3 is 1. The molecule has 1 N–H and O–H groups in total. The molecule has 1 rings (SSSR count). The van der Waals surface area contributed by atoms with Crippen LogP contribution < -0.4 is 0 Å². The minimum Gasteiger partial charge on any atom is -0.481 e. The van der Waals surface area contributed by atoms with E-state index >= 15 is 0 Å². The second-order valence-electron chi connectivity index (χ2n) is 4.50. The van der Waals surface area contributed by atoms with Crippen LogP contribution in [0.4, 0.5) is 0 Å². The average molecular weight is 215 g/mol. The molecule has 2 unspecified atom stereocenters. The first-order valence-electron chi connectivity index (χ1n) is 5.50. The second-order valence-corrected chi connectivity index (χ2v) is 4.50. The number of rotatable bonds is 5. The molecule has 1 heterocycles. The van der Waals surface area contributed by atoms with Crippen LogP contribution in [-0.2, 0) is 9.53 Å². The van der Waals surface area contributed by atoms with E-state index in [4.69, 9.17) is 9.84 Å². The topological polar surface area (TPSA) is 49.8 Å². The molecular weight excluding hydrogens is 194 g/mol. The highest BCUT2D eigenvalue weighted by molar-refractivity contribution is 5.68. The Balaban J connectivity index is 2.78. The molecule has 0 amide bonds. The average Bonchev–Trinajstić information content (AvgIpc) is 2.68. The lowest BCUT2D eigenvalue weighted by Crippen LogP contribution is -2.54. The molecule has 0 aromatic heterocycles. The summed E-state index contributed by atoms with van der Waals surface area (Å²) in [7, 11) is 1.64. The van der Waals surface area contributed by atoms with Gasteiger partial charge in [0.15, 0.2) is 0 Å². The zero-order valence-corrected chi connectivity index (χ0v) is 9.82. The Hall–Kier alpha value is -0.610. The van der Waals surface area contributed by atoms with Gasteiger partial charge in [-0.3, -0.25) is 9.69 Å². The maximum absolute atomic E-state index is 10.9. The third-order valence-electron chi connectivity index (χ3n) is 3.57. The van der Waals surface area contributed by atoms with Gasteiger partial charge in [-0.15, -0.1) is 0 Å². The highest BCUT2D eigenvalue weighted by Gasteiger charge is 2.40. The Kier molecular flexibility index (Phi) is 4.11. The van der Waals surface area contributed by atoms with Gasteiger partial charge in [0.25, 0.3) is 0 Å². The normalized spacial score (nSPS) is 23.7. The van der Waals surface area contributed by atoms with Crippen LogP contribution in [0.15, 0.2) is 0 Å². The lowest BCUT2D eigenvalue weighted by atomic mass is 9.89. The third kappa shape index (κ3) is 2.69. The van der Waals surface area contributed by atoms with Crippen molar-refractivity contribution >= 4 is 5.97 Å². The van der Waals surface area contributed by atoms with Crippen molar-refractivity contribution in [1.82, 2.24) is 4.90 Å². The van der Waals surface area contributed by atoms with Gasteiger partial charge in [0.1, 0.15) is 0 Å². The molecule has 88 valence electrons. The predicted molar refractivity (Wildman–Crippen MR) is 57.9 cm³/mol. The van der Waals surface area contributed by atoms with Crippen molar-refractivity contribution < 1.29 is 14.6 Å². The van der Waals surface area contributed by atoms with E-state index in [1.54, 1.807) is 7.11 Å². The van der Waals surface area contributed by atoms with Crippen molar-refractivity contribution in [3.63, 3.8) is 0 Å². The van der Waals surface area contributed by atoms with Crippen LogP contribution in [0.3, 0.4) is 0 Å². The van der Waals surface area contributed by atoms with Crippen molar-refractivity contribution in [2.45, 2.75) is 44.8 Å². The predicted octanol–water partition coefficient (Wildman–Crippen LogP) is 1.35. The zero-order chi connectivity index (χ0) is 11.5. The molecule has 1 saturated heterocycles. The number of carbonyl (C=O) groups is 1. The van der Waals surface area contributed by atoms with E-state index in [0.717, 1.165) is 25.9 Å². The molecule has 15 heavy (non-hydrogen) atoms. The van der Waals surface area contributed by atoms with E-state index in [9.17, 15) is 4.79 Å². The smallest absolute Gasteiger partial charge is 0.305 e. The molecule has 4 heteroatoms. The fourth-order valence-electron chi connectivity index (χ4n) is 2.30. The van der Waals surface area contributed by atoms with Crippen LogP contribution in [0, 0.1) is 0 Å². The first-order chi connectivity index (χ1) is 7.00. The summed E-state index contributed by atoms with van der Waals surface area (Å²) in [5.41, 5.74) is -0.378. The third-order valence-corrected chi connectivity index (χ3v) is 3.57. The molecule has 0 aromatic carbocycles. The van der Waals surface area contributed by atoms with Gasteiger partial charge in [0, 0.05) is 7.11 Å². The summed E-state index contributed by atoms with van der Waals surface area (Å²) in [6.45, 7) is 5.90. The van der Waals surface area contributed by atoms with Gasteiger partial charge in [0.05, 0.1) is 18.1 Å². The maximum atomic E-state index is 10.9. The van der Waals surface area contributed by atoms with Crippen molar-refractivity contribution in [2.24, 2.45) is 0 Å². The van der Waals surface area contributed by atoms with Gasteiger partial charge in [-0.05, 0) is 39.8 Å². The highest BCUT2D eigenvalue weighted by Crippen LogP contribution is 2.29. The fraction of sp³-hybridized carbons (Fsp3) is 0.909. The minimum atomic E-state index is -0.756. The van der Waals surface area contributed by atoms with Crippen molar-refractivity contribution in [3.8, 4) is 0 Å². The van der Waals surface area contributed by atoms with Crippen LogP contribution in [0.5, 0.6) is 0 Å². The lowest BCUT2D eigenvalue weighted by Gasteiger charge is -2.41.